The quantitative estimate of drug-likeness (QED) is 0.840. The van der Waals surface area contributed by atoms with Crippen molar-refractivity contribution >= 4 is 15.9 Å². The van der Waals surface area contributed by atoms with Crippen molar-refractivity contribution < 1.29 is 4.74 Å². The molecule has 0 radical (unpaired) electrons. The smallest absolute Gasteiger partial charge is 0.128 e. The molecule has 1 N–H and O–H groups in total. The molecule has 1 aromatic carbocycles. The lowest BCUT2D eigenvalue weighted by atomic mass is 9.95. The standard InChI is InChI=1S/C16H24BrNO/c1-5-7-14-15(18-6-2)13-9-11(17)8-12(10(3)4)16(13)19-14/h8-10,14-15,18H,5-7H2,1-4H3. The lowest BCUT2D eigenvalue weighted by molar-refractivity contribution is 0.177. The van der Waals surface area contributed by atoms with Gasteiger partial charge in [0, 0.05) is 10.0 Å². The molecule has 2 unspecified atom stereocenters. The molecule has 3 heteroatoms. The van der Waals surface area contributed by atoms with Crippen molar-refractivity contribution in [1.29, 1.82) is 0 Å². The van der Waals surface area contributed by atoms with Crippen molar-refractivity contribution in [2.24, 2.45) is 0 Å². The predicted octanol–water partition coefficient (Wildman–Crippen LogP) is 4.78. The molecule has 1 heterocycles. The summed E-state index contributed by atoms with van der Waals surface area (Å²) in [4.78, 5) is 0. The Morgan fingerprint density at radius 2 is 2.05 bits per heavy atom. The molecule has 2 nitrogen and oxygen atoms in total. The summed E-state index contributed by atoms with van der Waals surface area (Å²) in [5.74, 6) is 1.59. The molecule has 2 atom stereocenters. The topological polar surface area (TPSA) is 21.3 Å². The number of fused-ring (bicyclic) bond motifs is 1. The van der Waals surface area contributed by atoms with E-state index in [1.165, 1.54) is 11.1 Å². The monoisotopic (exact) mass is 325 g/mol. The zero-order chi connectivity index (χ0) is 14.0. The van der Waals surface area contributed by atoms with E-state index in [1.54, 1.807) is 0 Å². The SMILES string of the molecule is CCCC1Oc2c(C(C)C)cc(Br)cc2C1NCC. The van der Waals surface area contributed by atoms with Gasteiger partial charge < -0.3 is 10.1 Å². The maximum absolute atomic E-state index is 6.28. The molecule has 2 rings (SSSR count). The molecule has 1 aliphatic rings. The molecule has 0 bridgehead atoms. The Bertz CT molecular complexity index is 445. The maximum Gasteiger partial charge on any atom is 0.128 e. The molecule has 1 aliphatic heterocycles. The summed E-state index contributed by atoms with van der Waals surface area (Å²) in [6.07, 6.45) is 2.52. The van der Waals surface area contributed by atoms with Crippen molar-refractivity contribution in [3.63, 3.8) is 0 Å². The molecule has 1 aromatic rings. The van der Waals surface area contributed by atoms with Crippen molar-refractivity contribution in [2.45, 2.75) is 58.6 Å². The summed E-state index contributed by atoms with van der Waals surface area (Å²) >= 11 is 3.64. The number of hydrogen-bond donors (Lipinski definition) is 1. The van der Waals surface area contributed by atoms with Gasteiger partial charge in [-0.2, -0.15) is 0 Å². The van der Waals surface area contributed by atoms with Gasteiger partial charge in [0.25, 0.3) is 0 Å². The number of nitrogens with one attached hydrogen (secondary N) is 1. The first kappa shape index (κ1) is 14.9. The third-order valence-corrected chi connectivity index (χ3v) is 4.16. The highest BCUT2D eigenvalue weighted by molar-refractivity contribution is 9.10. The van der Waals surface area contributed by atoms with Crippen LogP contribution < -0.4 is 10.1 Å². The van der Waals surface area contributed by atoms with Crippen LogP contribution in [0.2, 0.25) is 0 Å². The Morgan fingerprint density at radius 3 is 2.63 bits per heavy atom. The van der Waals surface area contributed by atoms with Crippen molar-refractivity contribution in [3.05, 3.63) is 27.7 Å². The summed E-state index contributed by atoms with van der Waals surface area (Å²) in [5.41, 5.74) is 2.63. The number of ether oxygens (including phenoxy) is 1. The molecule has 19 heavy (non-hydrogen) atoms. The number of rotatable bonds is 5. The van der Waals surface area contributed by atoms with Gasteiger partial charge >= 0.3 is 0 Å². The first-order chi connectivity index (χ1) is 9.08. The fourth-order valence-electron chi connectivity index (χ4n) is 2.82. The zero-order valence-corrected chi connectivity index (χ0v) is 13.9. The summed E-state index contributed by atoms with van der Waals surface area (Å²) in [6.45, 7) is 9.79. The summed E-state index contributed by atoms with van der Waals surface area (Å²) in [5, 5.41) is 3.58. The fourth-order valence-corrected chi connectivity index (χ4v) is 3.32. The highest BCUT2D eigenvalue weighted by Crippen LogP contribution is 2.44. The second kappa shape index (κ2) is 6.27. The minimum Gasteiger partial charge on any atom is -0.488 e. The van der Waals surface area contributed by atoms with E-state index in [-0.39, 0.29) is 6.10 Å². The first-order valence-electron chi connectivity index (χ1n) is 7.31. The Hall–Kier alpha value is -0.540. The van der Waals surface area contributed by atoms with Gasteiger partial charge in [0.1, 0.15) is 11.9 Å². The number of halogens is 1. The van der Waals surface area contributed by atoms with Crippen molar-refractivity contribution in [3.8, 4) is 5.75 Å². The van der Waals surface area contributed by atoms with Gasteiger partial charge in [0.05, 0.1) is 6.04 Å². The fraction of sp³-hybridized carbons (Fsp3) is 0.625. The second-order valence-corrected chi connectivity index (χ2v) is 6.46. The lowest BCUT2D eigenvalue weighted by Crippen LogP contribution is -2.30. The average molecular weight is 326 g/mol. The van der Waals surface area contributed by atoms with Crippen molar-refractivity contribution in [2.75, 3.05) is 6.54 Å². The third-order valence-electron chi connectivity index (χ3n) is 3.71. The Kier molecular flexibility index (Phi) is 4.91. The summed E-state index contributed by atoms with van der Waals surface area (Å²) in [7, 11) is 0. The number of hydrogen-bond acceptors (Lipinski definition) is 2. The van der Waals surface area contributed by atoms with Crippen LogP contribution >= 0.6 is 15.9 Å². The Labute approximate surface area is 125 Å². The van der Waals surface area contributed by atoms with Crippen LogP contribution in [-0.4, -0.2) is 12.6 Å². The van der Waals surface area contributed by atoms with E-state index in [2.05, 4.69) is 61.1 Å². The highest BCUT2D eigenvalue weighted by Gasteiger charge is 2.35. The van der Waals surface area contributed by atoms with E-state index in [4.69, 9.17) is 4.74 Å². The van der Waals surface area contributed by atoms with Gasteiger partial charge in [0.2, 0.25) is 0 Å². The van der Waals surface area contributed by atoms with E-state index in [0.29, 0.717) is 12.0 Å². The number of benzene rings is 1. The number of likely N-dealkylation sites (N-methyl/N-ethyl adjacent to an activating group) is 1. The van der Waals surface area contributed by atoms with Gasteiger partial charge in [-0.05, 0) is 36.6 Å². The van der Waals surface area contributed by atoms with Crippen molar-refractivity contribution in [1.82, 2.24) is 5.32 Å². The molecule has 0 amide bonds. The molecular weight excluding hydrogens is 302 g/mol. The van der Waals surface area contributed by atoms with Gasteiger partial charge in [0.15, 0.2) is 0 Å². The largest absolute Gasteiger partial charge is 0.488 e. The molecule has 106 valence electrons. The molecule has 0 saturated carbocycles. The zero-order valence-electron chi connectivity index (χ0n) is 12.3. The molecule has 0 fully saturated rings. The van der Waals surface area contributed by atoms with Crippen LogP contribution in [0.1, 0.15) is 63.6 Å². The van der Waals surface area contributed by atoms with Crippen LogP contribution in [0.25, 0.3) is 0 Å². The highest BCUT2D eigenvalue weighted by atomic mass is 79.9. The predicted molar refractivity (Wildman–Crippen MR) is 84.0 cm³/mol. The van der Waals surface area contributed by atoms with Crippen LogP contribution in [0.3, 0.4) is 0 Å². The first-order valence-corrected chi connectivity index (χ1v) is 8.11. The van der Waals surface area contributed by atoms with Gasteiger partial charge in [-0.15, -0.1) is 0 Å². The van der Waals surface area contributed by atoms with Crippen LogP contribution in [0, 0.1) is 0 Å². The summed E-state index contributed by atoms with van der Waals surface area (Å²) < 4.78 is 7.43. The molecule has 0 aliphatic carbocycles. The van der Waals surface area contributed by atoms with E-state index in [9.17, 15) is 0 Å². The van der Waals surface area contributed by atoms with Crippen LogP contribution in [0.5, 0.6) is 5.75 Å². The normalized spacial score (nSPS) is 21.6. The van der Waals surface area contributed by atoms with Crippen LogP contribution in [0.4, 0.5) is 0 Å². The summed E-state index contributed by atoms with van der Waals surface area (Å²) in [6, 6.07) is 4.74. The average Bonchev–Trinajstić information content (AvgIpc) is 2.68. The van der Waals surface area contributed by atoms with Gasteiger partial charge in [-0.25, -0.2) is 0 Å². The van der Waals surface area contributed by atoms with Crippen LogP contribution in [-0.2, 0) is 0 Å². The molecule has 0 aromatic heterocycles. The Morgan fingerprint density at radius 1 is 1.32 bits per heavy atom. The van der Waals surface area contributed by atoms with E-state index >= 15 is 0 Å². The second-order valence-electron chi connectivity index (χ2n) is 5.55. The van der Waals surface area contributed by atoms with Crippen LogP contribution in [0.15, 0.2) is 16.6 Å². The van der Waals surface area contributed by atoms with E-state index in [0.717, 1.165) is 29.6 Å². The molecular formula is C16H24BrNO. The third kappa shape index (κ3) is 2.97. The maximum atomic E-state index is 6.28. The van der Waals surface area contributed by atoms with Gasteiger partial charge in [-0.3, -0.25) is 0 Å². The van der Waals surface area contributed by atoms with E-state index < -0.39 is 0 Å². The minimum absolute atomic E-state index is 0.270. The Balaban J connectivity index is 2.43. The van der Waals surface area contributed by atoms with Gasteiger partial charge in [-0.1, -0.05) is 50.0 Å². The minimum atomic E-state index is 0.270. The molecule has 0 spiro atoms. The molecule has 0 saturated heterocycles. The lowest BCUT2D eigenvalue weighted by Gasteiger charge is -2.19. The van der Waals surface area contributed by atoms with E-state index in [1.807, 2.05) is 0 Å².